The number of phenols is 1. The van der Waals surface area contributed by atoms with Gasteiger partial charge in [-0.05, 0) is 25.0 Å². The SMILES string of the molecule is NC(N)=NCCC[C@H](NC(=O)c1ccccc1O)C(=O)O. The molecule has 8 nitrogen and oxygen atoms in total. The van der Waals surface area contributed by atoms with E-state index in [0.717, 1.165) is 0 Å². The average molecular weight is 294 g/mol. The second kappa shape index (κ2) is 7.73. The Bertz CT molecular complexity index is 541. The molecule has 7 N–H and O–H groups in total. The zero-order valence-corrected chi connectivity index (χ0v) is 11.3. The molecule has 1 aromatic rings. The molecule has 0 aliphatic heterocycles. The lowest BCUT2D eigenvalue weighted by atomic mass is 10.1. The van der Waals surface area contributed by atoms with Crippen molar-refractivity contribution in [3.05, 3.63) is 29.8 Å². The lowest BCUT2D eigenvalue weighted by Crippen LogP contribution is -2.40. The zero-order valence-electron chi connectivity index (χ0n) is 11.3. The van der Waals surface area contributed by atoms with Gasteiger partial charge in [-0.2, -0.15) is 0 Å². The molecule has 0 aliphatic rings. The van der Waals surface area contributed by atoms with Crippen LogP contribution < -0.4 is 16.8 Å². The number of aliphatic carboxylic acids is 1. The molecule has 0 saturated carbocycles. The Labute approximate surface area is 121 Å². The number of para-hydroxylation sites is 1. The van der Waals surface area contributed by atoms with Crippen LogP contribution in [0.2, 0.25) is 0 Å². The van der Waals surface area contributed by atoms with Crippen molar-refractivity contribution in [1.29, 1.82) is 0 Å². The smallest absolute Gasteiger partial charge is 0.326 e. The van der Waals surface area contributed by atoms with E-state index in [1.807, 2.05) is 0 Å². The molecule has 1 rings (SSSR count). The number of carboxylic acid groups (broad SMARTS) is 1. The summed E-state index contributed by atoms with van der Waals surface area (Å²) in [5.41, 5.74) is 10.3. The predicted molar refractivity (Wildman–Crippen MR) is 76.9 cm³/mol. The van der Waals surface area contributed by atoms with Gasteiger partial charge in [0.2, 0.25) is 0 Å². The van der Waals surface area contributed by atoms with Crippen molar-refractivity contribution in [2.75, 3.05) is 6.54 Å². The number of carbonyl (C=O) groups excluding carboxylic acids is 1. The number of aromatic hydroxyl groups is 1. The summed E-state index contributed by atoms with van der Waals surface area (Å²) in [6.45, 7) is 0.276. The number of nitrogens with one attached hydrogen (secondary N) is 1. The van der Waals surface area contributed by atoms with Gasteiger partial charge in [0, 0.05) is 6.54 Å². The minimum absolute atomic E-state index is 0.0213. The van der Waals surface area contributed by atoms with Crippen LogP contribution in [-0.2, 0) is 4.79 Å². The molecule has 0 saturated heterocycles. The van der Waals surface area contributed by atoms with Crippen LogP contribution in [0.1, 0.15) is 23.2 Å². The van der Waals surface area contributed by atoms with Gasteiger partial charge in [-0.1, -0.05) is 12.1 Å². The van der Waals surface area contributed by atoms with Crippen LogP contribution in [0.3, 0.4) is 0 Å². The highest BCUT2D eigenvalue weighted by atomic mass is 16.4. The number of carbonyl (C=O) groups is 2. The van der Waals surface area contributed by atoms with E-state index in [-0.39, 0.29) is 30.2 Å². The molecule has 1 amide bonds. The number of hydrogen-bond donors (Lipinski definition) is 5. The number of amides is 1. The third-order valence-corrected chi connectivity index (χ3v) is 2.70. The Hall–Kier alpha value is -2.77. The summed E-state index contributed by atoms with van der Waals surface area (Å²) >= 11 is 0. The molecule has 0 radical (unpaired) electrons. The monoisotopic (exact) mass is 294 g/mol. The number of rotatable bonds is 7. The van der Waals surface area contributed by atoms with E-state index in [1.54, 1.807) is 12.1 Å². The van der Waals surface area contributed by atoms with Gasteiger partial charge in [0.05, 0.1) is 5.56 Å². The summed E-state index contributed by atoms with van der Waals surface area (Å²) in [5, 5.41) is 21.0. The fourth-order valence-corrected chi connectivity index (χ4v) is 1.66. The topological polar surface area (TPSA) is 151 Å². The molecule has 0 unspecified atom stereocenters. The molecule has 8 heteroatoms. The molecule has 0 aromatic heterocycles. The molecular formula is C13H18N4O4. The molecular weight excluding hydrogens is 276 g/mol. The summed E-state index contributed by atoms with van der Waals surface area (Å²) in [7, 11) is 0. The Morgan fingerprint density at radius 1 is 1.29 bits per heavy atom. The molecule has 1 atom stereocenters. The minimum Gasteiger partial charge on any atom is -0.507 e. The second-order valence-corrected chi connectivity index (χ2v) is 4.33. The maximum atomic E-state index is 11.9. The van der Waals surface area contributed by atoms with Crippen molar-refractivity contribution in [1.82, 2.24) is 5.32 Å². The molecule has 0 fully saturated rings. The van der Waals surface area contributed by atoms with Gasteiger partial charge in [0.25, 0.3) is 5.91 Å². The molecule has 0 heterocycles. The normalized spacial score (nSPS) is 11.4. The minimum atomic E-state index is -1.16. The summed E-state index contributed by atoms with van der Waals surface area (Å²) in [6, 6.07) is 4.82. The largest absolute Gasteiger partial charge is 0.507 e. The van der Waals surface area contributed by atoms with Crippen LogP contribution >= 0.6 is 0 Å². The van der Waals surface area contributed by atoms with Crippen LogP contribution in [0.25, 0.3) is 0 Å². The number of nitrogens with zero attached hydrogens (tertiary/aromatic N) is 1. The number of aliphatic imine (C=N–C) groups is 1. The van der Waals surface area contributed by atoms with E-state index < -0.39 is 17.9 Å². The van der Waals surface area contributed by atoms with Gasteiger partial charge < -0.3 is 27.0 Å². The quantitative estimate of drug-likeness (QED) is 0.263. The zero-order chi connectivity index (χ0) is 15.8. The van der Waals surface area contributed by atoms with Gasteiger partial charge in [-0.3, -0.25) is 9.79 Å². The van der Waals surface area contributed by atoms with Crippen molar-refractivity contribution in [3.63, 3.8) is 0 Å². The number of phenolic OH excluding ortho intramolecular Hbond substituents is 1. The van der Waals surface area contributed by atoms with Crippen LogP contribution in [0.5, 0.6) is 5.75 Å². The van der Waals surface area contributed by atoms with Gasteiger partial charge in [-0.25, -0.2) is 4.79 Å². The third-order valence-electron chi connectivity index (χ3n) is 2.70. The lowest BCUT2D eigenvalue weighted by Gasteiger charge is -2.14. The first-order valence-corrected chi connectivity index (χ1v) is 6.29. The highest BCUT2D eigenvalue weighted by Crippen LogP contribution is 2.15. The summed E-state index contributed by atoms with van der Waals surface area (Å²) in [4.78, 5) is 26.8. The van der Waals surface area contributed by atoms with Crippen LogP contribution in [-0.4, -0.2) is 40.6 Å². The fraction of sp³-hybridized carbons (Fsp3) is 0.308. The summed E-state index contributed by atoms with van der Waals surface area (Å²) in [5.74, 6) is -2.09. The Morgan fingerprint density at radius 2 is 1.95 bits per heavy atom. The number of guanidine groups is 1. The van der Waals surface area contributed by atoms with Crippen molar-refractivity contribution in [2.45, 2.75) is 18.9 Å². The van der Waals surface area contributed by atoms with E-state index >= 15 is 0 Å². The first kappa shape index (κ1) is 16.3. The van der Waals surface area contributed by atoms with Gasteiger partial charge >= 0.3 is 5.97 Å². The Kier molecular flexibility index (Phi) is 5.99. The van der Waals surface area contributed by atoms with Gasteiger partial charge in [0.1, 0.15) is 11.8 Å². The third kappa shape index (κ3) is 5.39. The van der Waals surface area contributed by atoms with Crippen LogP contribution in [0, 0.1) is 0 Å². The molecule has 0 aliphatic carbocycles. The van der Waals surface area contributed by atoms with Crippen molar-refractivity contribution < 1.29 is 19.8 Å². The highest BCUT2D eigenvalue weighted by molar-refractivity contribution is 5.98. The fourth-order valence-electron chi connectivity index (χ4n) is 1.66. The molecule has 114 valence electrons. The van der Waals surface area contributed by atoms with Crippen molar-refractivity contribution >= 4 is 17.8 Å². The van der Waals surface area contributed by atoms with E-state index in [0.29, 0.717) is 6.42 Å². The maximum absolute atomic E-state index is 11.9. The van der Waals surface area contributed by atoms with E-state index in [4.69, 9.17) is 16.6 Å². The molecule has 0 spiro atoms. The highest BCUT2D eigenvalue weighted by Gasteiger charge is 2.21. The summed E-state index contributed by atoms with van der Waals surface area (Å²) in [6.07, 6.45) is 0.571. The number of hydrogen-bond acceptors (Lipinski definition) is 4. The number of benzene rings is 1. The number of nitrogens with two attached hydrogens (primary N) is 2. The average Bonchev–Trinajstić information content (AvgIpc) is 2.41. The Morgan fingerprint density at radius 3 is 2.52 bits per heavy atom. The lowest BCUT2D eigenvalue weighted by molar-refractivity contribution is -0.139. The van der Waals surface area contributed by atoms with Crippen molar-refractivity contribution in [2.24, 2.45) is 16.5 Å². The molecule has 0 bridgehead atoms. The van der Waals surface area contributed by atoms with E-state index in [9.17, 15) is 14.7 Å². The number of carboxylic acids is 1. The van der Waals surface area contributed by atoms with E-state index in [1.165, 1.54) is 12.1 Å². The maximum Gasteiger partial charge on any atom is 0.326 e. The van der Waals surface area contributed by atoms with Crippen molar-refractivity contribution in [3.8, 4) is 5.75 Å². The first-order chi connectivity index (χ1) is 9.91. The van der Waals surface area contributed by atoms with Gasteiger partial charge in [0.15, 0.2) is 5.96 Å². The van der Waals surface area contributed by atoms with Crippen LogP contribution in [0.4, 0.5) is 0 Å². The molecule has 1 aromatic carbocycles. The van der Waals surface area contributed by atoms with Crippen LogP contribution in [0.15, 0.2) is 29.3 Å². The summed E-state index contributed by atoms with van der Waals surface area (Å²) < 4.78 is 0. The second-order valence-electron chi connectivity index (χ2n) is 4.33. The Balaban J connectivity index is 2.62. The van der Waals surface area contributed by atoms with Gasteiger partial charge in [-0.15, -0.1) is 0 Å². The molecule has 21 heavy (non-hydrogen) atoms. The van der Waals surface area contributed by atoms with E-state index in [2.05, 4.69) is 10.3 Å². The first-order valence-electron chi connectivity index (χ1n) is 6.29. The standard InChI is InChI=1S/C13H18N4O4/c14-13(15)16-7-3-5-9(12(20)21)17-11(19)8-4-1-2-6-10(8)18/h1-2,4,6,9,18H,3,5,7H2,(H,17,19)(H,20,21)(H4,14,15,16)/t9-/m0/s1. The predicted octanol–water partition coefficient (Wildman–Crippen LogP) is -0.371.